The van der Waals surface area contributed by atoms with Crippen LogP contribution >= 0.6 is 46.6 Å². The second kappa shape index (κ2) is 12.6. The lowest BCUT2D eigenvalue weighted by molar-refractivity contribution is -0.642. The Hall–Kier alpha value is -2.38. The maximum Gasteiger partial charge on any atom is 0.262 e. The first-order valence-electron chi connectivity index (χ1n) is 13.5. The Balaban J connectivity index is 1.36. The van der Waals surface area contributed by atoms with E-state index in [2.05, 4.69) is 117 Å². The highest BCUT2D eigenvalue weighted by atomic mass is 32.2. The molecule has 1 aliphatic carbocycles. The van der Waals surface area contributed by atoms with Gasteiger partial charge in [-0.2, -0.15) is 4.57 Å². The third kappa shape index (κ3) is 6.73. The number of thioether (sulfide) groups is 3. The number of aryl methyl sites for hydroxylation is 1. The molecule has 0 atom stereocenters. The standard InChI is InChI=1S/C34H37N2S4/c1-7-16-37-26-12-14-30-28(20-26)35(5)32(39-30)11-9-10-24-18-25(23-34(3,4)22-24)19-33-36(6)29-21-27(38-17-8-2)13-15-31(29)40-33/h7-15,18-21H,1-2,16-17,22-23H2,3-6H3/q+1. The number of hydrogen-bond donors (Lipinski definition) is 0. The van der Waals surface area contributed by atoms with Gasteiger partial charge in [-0.1, -0.05) is 67.3 Å². The van der Waals surface area contributed by atoms with E-state index in [9.17, 15) is 0 Å². The summed E-state index contributed by atoms with van der Waals surface area (Å²) in [6.07, 6.45) is 17.7. The zero-order valence-corrected chi connectivity index (χ0v) is 27.0. The van der Waals surface area contributed by atoms with Gasteiger partial charge in [0.05, 0.1) is 10.7 Å². The lowest BCUT2D eigenvalue weighted by atomic mass is 9.75. The van der Waals surface area contributed by atoms with Crippen molar-refractivity contribution in [1.29, 1.82) is 0 Å². The summed E-state index contributed by atoms with van der Waals surface area (Å²) in [4.78, 5) is 6.25. The average molecular weight is 602 g/mol. The molecule has 0 bridgehead atoms. The number of benzene rings is 2. The first kappa shape index (κ1) is 29.1. The molecule has 5 rings (SSSR count). The van der Waals surface area contributed by atoms with Crippen LogP contribution in [0.1, 0.15) is 31.7 Å². The summed E-state index contributed by atoms with van der Waals surface area (Å²) >= 11 is 7.37. The smallest absolute Gasteiger partial charge is 0.262 e. The molecule has 0 saturated heterocycles. The Bertz CT molecular complexity index is 1570. The van der Waals surface area contributed by atoms with Crippen LogP contribution in [0.15, 0.2) is 117 Å². The van der Waals surface area contributed by atoms with Crippen molar-refractivity contribution in [1.82, 2.24) is 0 Å². The molecule has 206 valence electrons. The van der Waals surface area contributed by atoms with Crippen molar-refractivity contribution in [3.8, 4) is 0 Å². The zero-order chi connectivity index (χ0) is 28.3. The van der Waals surface area contributed by atoms with E-state index >= 15 is 0 Å². The molecule has 0 amide bonds. The van der Waals surface area contributed by atoms with Crippen molar-refractivity contribution in [2.24, 2.45) is 12.5 Å². The van der Waals surface area contributed by atoms with E-state index in [0.717, 1.165) is 24.3 Å². The lowest BCUT2D eigenvalue weighted by Crippen LogP contribution is -2.28. The van der Waals surface area contributed by atoms with Gasteiger partial charge >= 0.3 is 0 Å². The number of aromatic nitrogens is 1. The number of anilines is 1. The minimum atomic E-state index is 0.228. The van der Waals surface area contributed by atoms with Gasteiger partial charge in [0.15, 0.2) is 0 Å². The van der Waals surface area contributed by atoms with Crippen LogP contribution in [0.4, 0.5) is 5.69 Å². The Labute approximate surface area is 256 Å². The van der Waals surface area contributed by atoms with Crippen LogP contribution in [-0.2, 0) is 7.05 Å². The van der Waals surface area contributed by atoms with Gasteiger partial charge in [-0.15, -0.1) is 36.7 Å². The Kier molecular flexibility index (Phi) is 9.21. The fraction of sp³-hybridized carbons (Fsp3) is 0.265. The second-order valence-electron chi connectivity index (χ2n) is 10.9. The molecule has 2 heterocycles. The summed E-state index contributed by atoms with van der Waals surface area (Å²) in [6, 6.07) is 13.5. The molecule has 3 aromatic rings. The number of rotatable bonds is 9. The van der Waals surface area contributed by atoms with Crippen molar-refractivity contribution in [2.75, 3.05) is 23.5 Å². The van der Waals surface area contributed by atoms with Crippen molar-refractivity contribution in [3.63, 3.8) is 0 Å². The first-order valence-corrected chi connectivity index (χ1v) is 17.1. The molecule has 40 heavy (non-hydrogen) atoms. The van der Waals surface area contributed by atoms with Crippen molar-refractivity contribution in [2.45, 2.75) is 41.4 Å². The highest BCUT2D eigenvalue weighted by Crippen LogP contribution is 2.48. The topological polar surface area (TPSA) is 7.12 Å². The largest absolute Gasteiger partial charge is 0.338 e. The van der Waals surface area contributed by atoms with Gasteiger partial charge in [-0.3, -0.25) is 0 Å². The molecule has 0 fully saturated rings. The van der Waals surface area contributed by atoms with E-state index < -0.39 is 0 Å². The lowest BCUT2D eigenvalue weighted by Gasteiger charge is -2.30. The van der Waals surface area contributed by atoms with E-state index in [1.165, 1.54) is 51.8 Å². The summed E-state index contributed by atoms with van der Waals surface area (Å²) in [5.74, 6) is 1.86. The monoisotopic (exact) mass is 601 g/mol. The number of nitrogens with zero attached hydrogens (tertiary/aromatic N) is 2. The van der Waals surface area contributed by atoms with Gasteiger partial charge in [-0.25, -0.2) is 0 Å². The van der Waals surface area contributed by atoms with E-state index in [4.69, 9.17) is 0 Å². The number of thiazole rings is 1. The Morgan fingerprint density at radius 3 is 2.50 bits per heavy atom. The highest BCUT2D eigenvalue weighted by molar-refractivity contribution is 8.03. The molecule has 2 aliphatic rings. The van der Waals surface area contributed by atoms with Gasteiger partial charge < -0.3 is 4.90 Å². The van der Waals surface area contributed by atoms with Crippen LogP contribution in [-0.4, -0.2) is 18.6 Å². The third-order valence-electron chi connectivity index (χ3n) is 7.00. The van der Waals surface area contributed by atoms with Gasteiger partial charge in [0.2, 0.25) is 5.52 Å². The molecule has 2 nitrogen and oxygen atoms in total. The highest BCUT2D eigenvalue weighted by Gasteiger charge is 2.27. The van der Waals surface area contributed by atoms with Crippen LogP contribution in [0.3, 0.4) is 0 Å². The van der Waals surface area contributed by atoms with Gasteiger partial charge in [0.25, 0.3) is 5.01 Å². The molecule has 0 unspecified atom stereocenters. The fourth-order valence-corrected chi connectivity index (χ4v) is 8.66. The van der Waals surface area contributed by atoms with Gasteiger partial charge in [-0.05, 0) is 65.8 Å². The first-order chi connectivity index (χ1) is 19.3. The molecule has 0 N–H and O–H groups in total. The predicted octanol–water partition coefficient (Wildman–Crippen LogP) is 10.1. The number of fused-ring (bicyclic) bond motifs is 2. The average Bonchev–Trinajstić information content (AvgIpc) is 3.40. The van der Waals surface area contributed by atoms with Gasteiger partial charge in [0.1, 0.15) is 11.7 Å². The minimum absolute atomic E-state index is 0.228. The van der Waals surface area contributed by atoms with Crippen LogP contribution in [0, 0.1) is 5.41 Å². The summed E-state index contributed by atoms with van der Waals surface area (Å²) < 4.78 is 3.62. The molecule has 0 spiro atoms. The molecule has 2 aromatic carbocycles. The van der Waals surface area contributed by atoms with E-state index in [0.29, 0.717) is 0 Å². The normalized spacial score (nSPS) is 18.6. The summed E-state index contributed by atoms with van der Waals surface area (Å²) in [5.41, 5.74) is 5.59. The van der Waals surface area contributed by atoms with Crippen molar-refractivity contribution in [3.05, 3.63) is 107 Å². The second-order valence-corrected chi connectivity index (χ2v) is 15.3. The quantitative estimate of drug-likeness (QED) is 0.137. The summed E-state index contributed by atoms with van der Waals surface area (Å²) in [7, 11) is 4.35. The SMILES string of the molecule is C=CCSc1ccc2c(c1)N(C)C(=CC1=CC(=CC=Cc3sc4ccc(SCC=C)cc4[n+]3C)CC(C)(C)C1)S2. The summed E-state index contributed by atoms with van der Waals surface area (Å²) in [6.45, 7) is 12.5. The number of allylic oxidation sites excluding steroid dienone is 6. The van der Waals surface area contributed by atoms with Crippen molar-refractivity contribution >= 4 is 68.6 Å². The summed E-state index contributed by atoms with van der Waals surface area (Å²) in [5, 5.41) is 2.55. The Morgan fingerprint density at radius 2 is 1.75 bits per heavy atom. The van der Waals surface area contributed by atoms with Crippen LogP contribution < -0.4 is 9.47 Å². The molecular weight excluding hydrogens is 565 g/mol. The molecular formula is C34H37N2S4+. The van der Waals surface area contributed by atoms with Crippen molar-refractivity contribution < 1.29 is 4.57 Å². The molecule has 1 aliphatic heterocycles. The molecule has 0 saturated carbocycles. The minimum Gasteiger partial charge on any atom is -0.338 e. The van der Waals surface area contributed by atoms with E-state index in [-0.39, 0.29) is 5.41 Å². The van der Waals surface area contributed by atoms with Crippen LogP contribution in [0.5, 0.6) is 0 Å². The Morgan fingerprint density at radius 1 is 1.02 bits per heavy atom. The molecule has 0 radical (unpaired) electrons. The van der Waals surface area contributed by atoms with E-state index in [1.54, 1.807) is 0 Å². The molecule has 6 heteroatoms. The van der Waals surface area contributed by atoms with E-state index in [1.807, 2.05) is 58.8 Å². The fourth-order valence-electron chi connectivity index (χ4n) is 5.17. The maximum atomic E-state index is 3.85. The predicted molar refractivity (Wildman–Crippen MR) is 182 cm³/mol. The maximum absolute atomic E-state index is 3.85. The van der Waals surface area contributed by atoms with Crippen LogP contribution in [0.25, 0.3) is 16.3 Å². The van der Waals surface area contributed by atoms with Gasteiger partial charge in [0, 0.05) is 45.4 Å². The number of hydrogen-bond acceptors (Lipinski definition) is 5. The third-order valence-corrected chi connectivity index (χ3v) is 11.3. The zero-order valence-electron chi connectivity index (χ0n) is 23.8. The molecule has 1 aromatic heterocycles. The van der Waals surface area contributed by atoms with Crippen LogP contribution in [0.2, 0.25) is 0 Å².